The minimum Gasteiger partial charge on any atom is -0.277 e. The Hall–Kier alpha value is -2.73. The van der Waals surface area contributed by atoms with Crippen molar-refractivity contribution in [2.24, 2.45) is 5.10 Å². The molecule has 0 aliphatic rings. The van der Waals surface area contributed by atoms with Crippen molar-refractivity contribution in [2.45, 2.75) is 6.92 Å². The van der Waals surface area contributed by atoms with Crippen LogP contribution in [0.5, 0.6) is 0 Å². The molecule has 0 saturated carbocycles. The number of hydrogen-bond donors (Lipinski definition) is 2. The molecular weight excluding hydrogens is 296 g/mol. The number of nitrogens with one attached hydrogen (secondary N) is 2. The number of aromatic amines is 1. The molecule has 0 spiro atoms. The average Bonchev–Trinajstić information content (AvgIpc) is 3.17. The van der Waals surface area contributed by atoms with E-state index >= 15 is 0 Å². The van der Waals surface area contributed by atoms with E-state index in [1.807, 2.05) is 48.7 Å². The van der Waals surface area contributed by atoms with Crippen LogP contribution in [0.4, 0.5) is 0 Å². The minimum absolute atomic E-state index is 0.217. The molecule has 110 valence electrons. The first kappa shape index (κ1) is 14.2. The molecule has 0 unspecified atom stereocenters. The van der Waals surface area contributed by atoms with Crippen molar-refractivity contribution in [3.63, 3.8) is 0 Å². The second-order valence-corrected chi connectivity index (χ2v) is 5.83. The van der Waals surface area contributed by atoms with Gasteiger partial charge in [-0.2, -0.15) is 10.2 Å². The number of hydrogen-bond acceptors (Lipinski definition) is 4. The van der Waals surface area contributed by atoms with E-state index in [0.717, 1.165) is 21.7 Å². The van der Waals surface area contributed by atoms with E-state index in [2.05, 4.69) is 20.7 Å². The van der Waals surface area contributed by atoms with Crippen molar-refractivity contribution >= 4 is 23.5 Å². The van der Waals surface area contributed by atoms with E-state index in [9.17, 15) is 4.79 Å². The molecule has 0 radical (unpaired) electrons. The number of nitrogens with zero attached hydrogens (tertiary/aromatic N) is 2. The Morgan fingerprint density at radius 3 is 2.91 bits per heavy atom. The quantitative estimate of drug-likeness (QED) is 0.574. The fraction of sp³-hybridized carbons (Fsp3) is 0.0625. The number of aryl methyl sites for hydroxylation is 1. The van der Waals surface area contributed by atoms with Crippen LogP contribution < -0.4 is 5.43 Å². The van der Waals surface area contributed by atoms with Crippen LogP contribution in [0.25, 0.3) is 11.3 Å². The smallest absolute Gasteiger partial charge is 0.272 e. The van der Waals surface area contributed by atoms with E-state index in [-0.39, 0.29) is 5.91 Å². The van der Waals surface area contributed by atoms with Gasteiger partial charge in [-0.3, -0.25) is 9.89 Å². The van der Waals surface area contributed by atoms with Crippen molar-refractivity contribution in [3.8, 4) is 11.3 Å². The number of carbonyl (C=O) groups excluding carboxylic acids is 1. The maximum atomic E-state index is 11.9. The zero-order chi connectivity index (χ0) is 15.4. The van der Waals surface area contributed by atoms with Crippen LogP contribution in [-0.4, -0.2) is 22.3 Å². The first-order valence-corrected chi connectivity index (χ1v) is 7.59. The molecule has 3 rings (SSSR count). The fourth-order valence-electron chi connectivity index (χ4n) is 2.02. The van der Waals surface area contributed by atoms with Crippen molar-refractivity contribution in [1.82, 2.24) is 15.6 Å². The van der Waals surface area contributed by atoms with Crippen molar-refractivity contribution in [3.05, 3.63) is 64.0 Å². The van der Waals surface area contributed by atoms with E-state index in [1.54, 1.807) is 12.4 Å². The summed E-state index contributed by atoms with van der Waals surface area (Å²) in [4.78, 5) is 13.0. The second-order valence-electron chi connectivity index (χ2n) is 4.71. The summed E-state index contributed by atoms with van der Waals surface area (Å²) in [5.74, 6) is -0.217. The Kier molecular flexibility index (Phi) is 4.11. The monoisotopic (exact) mass is 310 g/mol. The number of hydrazone groups is 1. The minimum atomic E-state index is -0.217. The van der Waals surface area contributed by atoms with E-state index < -0.39 is 0 Å². The lowest BCUT2D eigenvalue weighted by Crippen LogP contribution is -2.16. The number of H-pyrrole nitrogens is 1. The number of thiophene rings is 1. The topological polar surface area (TPSA) is 70.1 Å². The molecule has 0 aliphatic heterocycles. The summed E-state index contributed by atoms with van der Waals surface area (Å²) in [6.45, 7) is 1.96. The molecule has 2 aromatic heterocycles. The molecule has 1 aromatic carbocycles. The Bertz CT molecular complexity index is 804. The van der Waals surface area contributed by atoms with Gasteiger partial charge in [0.1, 0.15) is 0 Å². The number of benzene rings is 1. The van der Waals surface area contributed by atoms with Gasteiger partial charge in [-0.05, 0) is 13.0 Å². The van der Waals surface area contributed by atoms with Crippen LogP contribution in [0, 0.1) is 6.92 Å². The molecule has 3 aromatic rings. The zero-order valence-electron chi connectivity index (χ0n) is 11.9. The normalized spacial score (nSPS) is 11.0. The van der Waals surface area contributed by atoms with Crippen molar-refractivity contribution in [2.75, 3.05) is 0 Å². The van der Waals surface area contributed by atoms with E-state index in [4.69, 9.17) is 0 Å². The molecule has 0 fully saturated rings. The van der Waals surface area contributed by atoms with Crippen molar-refractivity contribution in [1.29, 1.82) is 0 Å². The molecule has 0 saturated heterocycles. The third-order valence-electron chi connectivity index (χ3n) is 3.09. The van der Waals surface area contributed by atoms with Gasteiger partial charge in [0.2, 0.25) is 0 Å². The average molecular weight is 310 g/mol. The van der Waals surface area contributed by atoms with Gasteiger partial charge in [0.25, 0.3) is 5.91 Å². The van der Waals surface area contributed by atoms with Gasteiger partial charge < -0.3 is 0 Å². The predicted molar refractivity (Wildman–Crippen MR) is 88.1 cm³/mol. The standard InChI is InChI=1S/C16H14N4OS/c1-11-7-13(10-22-11)16(21)20-18-9-14-8-17-19-15(14)12-5-3-2-4-6-12/h2-10H,1H3,(H,17,19)(H,20,21)/b18-9+. The molecule has 5 nitrogen and oxygen atoms in total. The lowest BCUT2D eigenvalue weighted by atomic mass is 10.1. The lowest BCUT2D eigenvalue weighted by Gasteiger charge is -1.99. The number of aromatic nitrogens is 2. The summed E-state index contributed by atoms with van der Waals surface area (Å²) in [5.41, 5.74) is 5.84. The molecule has 0 aliphatic carbocycles. The summed E-state index contributed by atoms with van der Waals surface area (Å²) in [5, 5.41) is 12.8. The Balaban J connectivity index is 1.72. The zero-order valence-corrected chi connectivity index (χ0v) is 12.7. The molecular formula is C16H14N4OS. The fourth-order valence-corrected chi connectivity index (χ4v) is 2.70. The molecule has 22 heavy (non-hydrogen) atoms. The van der Waals surface area contributed by atoms with Gasteiger partial charge >= 0.3 is 0 Å². The number of amides is 1. The van der Waals surface area contributed by atoms with E-state index in [0.29, 0.717) is 5.56 Å². The number of carbonyl (C=O) groups is 1. The van der Waals surface area contributed by atoms with Gasteiger partial charge in [0, 0.05) is 21.4 Å². The maximum absolute atomic E-state index is 11.9. The SMILES string of the molecule is Cc1cc(C(=O)N/N=C/c2cn[nH]c2-c2ccccc2)cs1. The van der Waals surface area contributed by atoms with Gasteiger partial charge in [-0.25, -0.2) is 5.43 Å². The summed E-state index contributed by atoms with van der Waals surface area (Å²) in [6, 6.07) is 11.7. The maximum Gasteiger partial charge on any atom is 0.272 e. The van der Waals surface area contributed by atoms with Gasteiger partial charge in [-0.15, -0.1) is 11.3 Å². The van der Waals surface area contributed by atoms with Crippen LogP contribution in [0.1, 0.15) is 20.8 Å². The van der Waals surface area contributed by atoms with Gasteiger partial charge in [0.05, 0.1) is 23.7 Å². The molecule has 2 heterocycles. The highest BCUT2D eigenvalue weighted by Gasteiger charge is 2.07. The van der Waals surface area contributed by atoms with Crippen LogP contribution in [0.3, 0.4) is 0 Å². The first-order valence-electron chi connectivity index (χ1n) is 6.71. The third kappa shape index (κ3) is 3.12. The second kappa shape index (κ2) is 6.36. The summed E-state index contributed by atoms with van der Waals surface area (Å²) >= 11 is 1.54. The highest BCUT2D eigenvalue weighted by molar-refractivity contribution is 7.10. The van der Waals surface area contributed by atoms with Gasteiger partial charge in [0.15, 0.2) is 0 Å². The number of rotatable bonds is 4. The summed E-state index contributed by atoms with van der Waals surface area (Å²) in [6.07, 6.45) is 3.26. The first-order chi connectivity index (χ1) is 10.7. The Morgan fingerprint density at radius 1 is 1.36 bits per heavy atom. The third-order valence-corrected chi connectivity index (χ3v) is 3.96. The van der Waals surface area contributed by atoms with Crippen molar-refractivity contribution < 1.29 is 4.79 Å². The predicted octanol–water partition coefficient (Wildman–Crippen LogP) is 3.21. The molecule has 6 heteroatoms. The molecule has 2 N–H and O–H groups in total. The molecule has 0 bridgehead atoms. The largest absolute Gasteiger partial charge is 0.277 e. The van der Waals surface area contributed by atoms with Crippen LogP contribution in [0.2, 0.25) is 0 Å². The van der Waals surface area contributed by atoms with E-state index in [1.165, 1.54) is 11.3 Å². The highest BCUT2D eigenvalue weighted by Crippen LogP contribution is 2.19. The Labute approximate surface area is 131 Å². The highest BCUT2D eigenvalue weighted by atomic mass is 32.1. The summed E-state index contributed by atoms with van der Waals surface area (Å²) < 4.78 is 0. The molecule has 1 amide bonds. The molecule has 0 atom stereocenters. The van der Waals surface area contributed by atoms with Crippen LogP contribution in [0.15, 0.2) is 53.1 Å². The Morgan fingerprint density at radius 2 is 2.18 bits per heavy atom. The van der Waals surface area contributed by atoms with Gasteiger partial charge in [-0.1, -0.05) is 30.3 Å². The van der Waals surface area contributed by atoms with Crippen LogP contribution in [-0.2, 0) is 0 Å². The van der Waals surface area contributed by atoms with Crippen LogP contribution >= 0.6 is 11.3 Å². The lowest BCUT2D eigenvalue weighted by molar-refractivity contribution is 0.0955. The summed E-state index contributed by atoms with van der Waals surface area (Å²) in [7, 11) is 0.